The number of nitrogens with zero attached hydrogens (tertiary/aromatic N) is 1. The summed E-state index contributed by atoms with van der Waals surface area (Å²) in [5.41, 5.74) is 3.40. The summed E-state index contributed by atoms with van der Waals surface area (Å²) in [7, 11) is 0. The monoisotopic (exact) mass is 513 g/mol. The molecule has 4 fully saturated rings. The first-order valence-corrected chi connectivity index (χ1v) is 15.5. The summed E-state index contributed by atoms with van der Waals surface area (Å²) in [6, 6.07) is 4.06. The summed E-state index contributed by atoms with van der Waals surface area (Å²) in [5.74, 6) is 2.75. The Labute approximate surface area is 232 Å². The van der Waals surface area contributed by atoms with Crippen LogP contribution in [-0.4, -0.2) is 10.8 Å². The van der Waals surface area contributed by atoms with E-state index in [1.54, 1.807) is 0 Å². The zero-order valence-electron chi connectivity index (χ0n) is 25.4. The van der Waals surface area contributed by atoms with Crippen LogP contribution in [0.3, 0.4) is 0 Å². The summed E-state index contributed by atoms with van der Waals surface area (Å²) in [6.07, 6.45) is 21.5. The predicted molar refractivity (Wildman–Crippen MR) is 157 cm³/mol. The molecule has 1 aromatic heterocycles. The minimum atomic E-state index is -0.336. The Balaban J connectivity index is 1.44. The van der Waals surface area contributed by atoms with E-state index in [9.17, 15) is 4.79 Å². The van der Waals surface area contributed by atoms with E-state index in [0.29, 0.717) is 39.8 Å². The first kappa shape index (κ1) is 26.5. The van der Waals surface area contributed by atoms with E-state index in [2.05, 4.69) is 78.6 Å². The fourth-order valence-corrected chi connectivity index (χ4v) is 11.2. The van der Waals surface area contributed by atoms with Crippen LogP contribution in [0.1, 0.15) is 112 Å². The van der Waals surface area contributed by atoms with Gasteiger partial charge in [-0.05, 0) is 131 Å². The summed E-state index contributed by atoms with van der Waals surface area (Å²) >= 11 is 0. The summed E-state index contributed by atoms with van der Waals surface area (Å²) < 4.78 is 0. The highest BCUT2D eigenvalue weighted by atomic mass is 16.1. The number of pyridine rings is 1. The number of hydrogen-bond acceptors (Lipinski definition) is 2. The lowest BCUT2D eigenvalue weighted by atomic mass is 9.33. The molecular formula is C36H51NO. The molecule has 1 aromatic rings. The Kier molecular flexibility index (Phi) is 5.70. The van der Waals surface area contributed by atoms with Crippen LogP contribution in [-0.2, 0) is 4.79 Å². The van der Waals surface area contributed by atoms with E-state index >= 15 is 0 Å². The molecule has 4 unspecified atom stereocenters. The molecule has 0 radical (unpaired) electrons. The van der Waals surface area contributed by atoms with Gasteiger partial charge in [0.15, 0.2) is 5.78 Å². The molecule has 5 aliphatic carbocycles. The van der Waals surface area contributed by atoms with Gasteiger partial charge >= 0.3 is 0 Å². The summed E-state index contributed by atoms with van der Waals surface area (Å²) in [6.45, 7) is 20.0. The molecule has 2 heteroatoms. The smallest absolute Gasteiger partial charge is 0.164 e. The molecule has 0 saturated heterocycles. The molecule has 6 rings (SSSR count). The fraction of sp³-hybridized carbons (Fsp3) is 0.722. The first-order valence-electron chi connectivity index (χ1n) is 15.5. The number of carbonyl (C=O) groups excluding carboxylic acids is 1. The van der Waals surface area contributed by atoms with Gasteiger partial charge in [0.1, 0.15) is 0 Å². The van der Waals surface area contributed by atoms with Crippen LogP contribution >= 0.6 is 0 Å². The number of aromatic nitrogens is 1. The average Bonchev–Trinajstić information content (AvgIpc) is 2.84. The van der Waals surface area contributed by atoms with Crippen LogP contribution < -0.4 is 0 Å². The van der Waals surface area contributed by atoms with Crippen molar-refractivity contribution in [3.63, 3.8) is 0 Å². The van der Waals surface area contributed by atoms with Gasteiger partial charge < -0.3 is 0 Å². The molecule has 0 bridgehead atoms. The lowest BCUT2D eigenvalue weighted by Gasteiger charge is -2.71. The van der Waals surface area contributed by atoms with Crippen LogP contribution in [0.2, 0.25) is 0 Å². The maximum atomic E-state index is 13.9. The van der Waals surface area contributed by atoms with E-state index in [1.165, 1.54) is 44.9 Å². The molecule has 0 N–H and O–H groups in total. The molecule has 0 amide bonds. The second-order valence-electron chi connectivity index (χ2n) is 16.6. The highest BCUT2D eigenvalue weighted by molar-refractivity contribution is 6.04. The highest BCUT2D eigenvalue weighted by Crippen LogP contribution is 2.75. The second-order valence-corrected chi connectivity index (χ2v) is 16.6. The minimum Gasteiger partial charge on any atom is -0.294 e. The molecule has 5 aliphatic rings. The van der Waals surface area contributed by atoms with Crippen LogP contribution in [0.5, 0.6) is 0 Å². The Morgan fingerprint density at radius 1 is 0.842 bits per heavy atom. The second kappa shape index (κ2) is 8.17. The standard InChI is InChI=1S/C36H51NO/c1-31(2)15-16-33(5)17-18-35(7)26(27(33)23-31)9-10-29-34(6)22-25(21-24-12-19-37-20-13-24)30(38)32(3,4)28(34)11-14-36(29,35)8/h9-10,12-13,19-21,26-29H,11,14-18,22-23H2,1-8H3/b25-21-/t26?,27?,28?,29?,33-,34+,35-,36-/m1/s1. The van der Waals surface area contributed by atoms with Crippen molar-refractivity contribution in [1.82, 2.24) is 4.98 Å². The highest BCUT2D eigenvalue weighted by Gasteiger charge is 2.69. The third kappa shape index (κ3) is 3.50. The Morgan fingerprint density at radius 2 is 1.53 bits per heavy atom. The molecule has 38 heavy (non-hydrogen) atoms. The molecule has 1 heterocycles. The minimum absolute atomic E-state index is 0.0837. The Morgan fingerprint density at radius 3 is 2.24 bits per heavy atom. The van der Waals surface area contributed by atoms with E-state index in [-0.39, 0.29) is 16.2 Å². The Hall–Kier alpha value is -1.70. The van der Waals surface area contributed by atoms with Crippen LogP contribution in [0.25, 0.3) is 6.08 Å². The van der Waals surface area contributed by atoms with Crippen molar-refractivity contribution in [2.45, 2.75) is 107 Å². The van der Waals surface area contributed by atoms with Crippen molar-refractivity contribution < 1.29 is 4.79 Å². The zero-order chi connectivity index (χ0) is 27.4. The third-order valence-electron chi connectivity index (χ3n) is 13.8. The molecule has 2 nitrogen and oxygen atoms in total. The molecule has 0 aliphatic heterocycles. The van der Waals surface area contributed by atoms with Gasteiger partial charge in [-0.25, -0.2) is 0 Å². The molecule has 0 aromatic carbocycles. The van der Waals surface area contributed by atoms with E-state index in [4.69, 9.17) is 0 Å². The maximum absolute atomic E-state index is 13.9. The number of hydrogen-bond donors (Lipinski definition) is 0. The number of Topliss-reactive ketones (excluding diaryl/α,β-unsaturated/α-hetero) is 1. The number of allylic oxidation sites excluding steroid dienone is 3. The van der Waals surface area contributed by atoms with Crippen LogP contribution in [0.4, 0.5) is 0 Å². The zero-order valence-corrected chi connectivity index (χ0v) is 25.4. The van der Waals surface area contributed by atoms with Crippen LogP contribution in [0.15, 0.2) is 42.3 Å². The molecular weight excluding hydrogens is 462 g/mol. The van der Waals surface area contributed by atoms with Gasteiger partial charge in [0.05, 0.1) is 0 Å². The van der Waals surface area contributed by atoms with Gasteiger partial charge in [0, 0.05) is 17.8 Å². The van der Waals surface area contributed by atoms with Gasteiger partial charge in [-0.2, -0.15) is 0 Å². The topological polar surface area (TPSA) is 30.0 Å². The van der Waals surface area contributed by atoms with Crippen molar-refractivity contribution in [1.29, 1.82) is 0 Å². The van der Waals surface area contributed by atoms with Gasteiger partial charge in [-0.15, -0.1) is 0 Å². The molecule has 206 valence electrons. The molecule has 4 saturated carbocycles. The third-order valence-corrected chi connectivity index (χ3v) is 13.8. The predicted octanol–water partition coefficient (Wildman–Crippen LogP) is 9.32. The van der Waals surface area contributed by atoms with Gasteiger partial charge in [-0.1, -0.05) is 67.5 Å². The van der Waals surface area contributed by atoms with Crippen molar-refractivity contribution in [2.75, 3.05) is 0 Å². The summed E-state index contributed by atoms with van der Waals surface area (Å²) in [4.78, 5) is 18.1. The fourth-order valence-electron chi connectivity index (χ4n) is 11.2. The quantitative estimate of drug-likeness (QED) is 0.276. The SMILES string of the molecule is CC1(C)CC[C@]2(C)CC[C@]3(C)C(C=CC4[C@@]5(C)C/C(=C/c6ccncc6)C(=O)C(C)(C)C5CC[C@]43C)C2C1. The van der Waals surface area contributed by atoms with Crippen molar-refractivity contribution >= 4 is 11.9 Å². The van der Waals surface area contributed by atoms with Crippen molar-refractivity contribution in [3.05, 3.63) is 47.8 Å². The Bertz CT molecular complexity index is 1190. The summed E-state index contributed by atoms with van der Waals surface area (Å²) in [5, 5.41) is 0. The number of carbonyl (C=O) groups is 1. The molecule has 8 atom stereocenters. The van der Waals surface area contributed by atoms with E-state index in [0.717, 1.165) is 23.5 Å². The van der Waals surface area contributed by atoms with Crippen LogP contribution in [0, 0.1) is 56.2 Å². The largest absolute Gasteiger partial charge is 0.294 e. The van der Waals surface area contributed by atoms with Gasteiger partial charge in [0.2, 0.25) is 0 Å². The van der Waals surface area contributed by atoms with E-state index < -0.39 is 0 Å². The number of ketones is 1. The van der Waals surface area contributed by atoms with Gasteiger partial charge in [-0.3, -0.25) is 9.78 Å². The van der Waals surface area contributed by atoms with E-state index in [1.807, 2.05) is 24.5 Å². The average molecular weight is 514 g/mol. The first-order chi connectivity index (χ1) is 17.7. The lowest BCUT2D eigenvalue weighted by Crippen LogP contribution is -2.65. The normalized spacial score (nSPS) is 48.0. The maximum Gasteiger partial charge on any atom is 0.164 e. The van der Waals surface area contributed by atoms with Crippen molar-refractivity contribution in [3.8, 4) is 0 Å². The molecule has 0 spiro atoms. The number of fused-ring (bicyclic) bond motifs is 7. The van der Waals surface area contributed by atoms with Gasteiger partial charge in [0.25, 0.3) is 0 Å². The number of rotatable bonds is 1. The van der Waals surface area contributed by atoms with Crippen molar-refractivity contribution in [2.24, 2.45) is 56.2 Å². The lowest BCUT2D eigenvalue weighted by molar-refractivity contribution is -0.197.